The third kappa shape index (κ3) is 3.84. The van der Waals surface area contributed by atoms with E-state index in [0.29, 0.717) is 6.07 Å². The molecule has 0 radical (unpaired) electrons. The van der Waals surface area contributed by atoms with Crippen molar-refractivity contribution in [3.05, 3.63) is 41.6 Å². The number of halogens is 2. The second-order valence-corrected chi connectivity index (χ2v) is 4.14. The molecule has 0 aliphatic carbocycles. The number of nitrogens with one attached hydrogen (secondary N) is 1. The van der Waals surface area contributed by atoms with E-state index in [1.165, 1.54) is 6.20 Å². The van der Waals surface area contributed by atoms with Crippen LogP contribution in [0.3, 0.4) is 0 Å². The van der Waals surface area contributed by atoms with Crippen LogP contribution in [0.5, 0.6) is 0 Å². The van der Waals surface area contributed by atoms with E-state index in [1.807, 2.05) is 0 Å². The van der Waals surface area contributed by atoms with Gasteiger partial charge in [0.05, 0.1) is 18.4 Å². The molecule has 0 aliphatic heterocycles. The summed E-state index contributed by atoms with van der Waals surface area (Å²) in [6.45, 7) is 1.68. The number of nitrogens with zero attached hydrogens (tertiary/aromatic N) is 3. The average molecular weight is 310 g/mol. The van der Waals surface area contributed by atoms with Crippen molar-refractivity contribution in [3.8, 4) is 0 Å². The molecule has 0 unspecified atom stereocenters. The molecular formula is C13H12F2N4O3. The van der Waals surface area contributed by atoms with Crippen molar-refractivity contribution in [2.75, 3.05) is 11.9 Å². The van der Waals surface area contributed by atoms with Gasteiger partial charge >= 0.3 is 5.97 Å². The maximum atomic E-state index is 13.5. The molecule has 1 aromatic heterocycles. The number of benzene rings is 1. The standard InChI is InChI=1S/C13H12F2N4O3/c1-2-22-12(20)7-19-16-6-11(18-19)17-13(21)9-4-3-8(14)5-10(9)15/h3-6H,2,7H2,1H3,(H,17,18,21). The van der Waals surface area contributed by atoms with Crippen LogP contribution >= 0.6 is 0 Å². The molecule has 0 aliphatic rings. The Morgan fingerprint density at radius 3 is 2.82 bits per heavy atom. The van der Waals surface area contributed by atoms with Crippen molar-refractivity contribution >= 4 is 17.7 Å². The van der Waals surface area contributed by atoms with E-state index in [2.05, 4.69) is 15.5 Å². The van der Waals surface area contributed by atoms with E-state index in [4.69, 9.17) is 4.74 Å². The summed E-state index contributed by atoms with van der Waals surface area (Å²) in [6.07, 6.45) is 1.19. The molecule has 0 saturated carbocycles. The zero-order chi connectivity index (χ0) is 16.1. The van der Waals surface area contributed by atoms with Crippen LogP contribution in [0.4, 0.5) is 14.6 Å². The Balaban J connectivity index is 2.03. The van der Waals surface area contributed by atoms with Crippen LogP contribution < -0.4 is 5.32 Å². The minimum atomic E-state index is -0.989. The lowest BCUT2D eigenvalue weighted by atomic mass is 10.2. The number of carbonyl (C=O) groups excluding carboxylic acids is 2. The lowest BCUT2D eigenvalue weighted by Gasteiger charge is -2.03. The normalized spacial score (nSPS) is 10.3. The summed E-state index contributed by atoms with van der Waals surface area (Å²) >= 11 is 0. The van der Waals surface area contributed by atoms with Crippen LogP contribution in [0.25, 0.3) is 0 Å². The molecule has 0 fully saturated rings. The van der Waals surface area contributed by atoms with Gasteiger partial charge in [-0.05, 0) is 19.1 Å². The lowest BCUT2D eigenvalue weighted by molar-refractivity contribution is -0.144. The Hall–Kier alpha value is -2.84. The molecule has 1 heterocycles. The minimum Gasteiger partial charge on any atom is -0.465 e. The largest absolute Gasteiger partial charge is 0.465 e. The average Bonchev–Trinajstić information content (AvgIpc) is 2.85. The molecule has 1 N–H and O–H groups in total. The predicted octanol–water partition coefficient (Wildman–Crippen LogP) is 1.37. The van der Waals surface area contributed by atoms with Gasteiger partial charge in [0.15, 0.2) is 12.4 Å². The highest BCUT2D eigenvalue weighted by Crippen LogP contribution is 2.11. The smallest absolute Gasteiger partial charge is 0.329 e. The number of hydrogen-bond donors (Lipinski definition) is 1. The molecule has 0 atom stereocenters. The molecule has 116 valence electrons. The third-order valence-electron chi connectivity index (χ3n) is 2.53. The summed E-state index contributed by atoms with van der Waals surface area (Å²) in [4.78, 5) is 24.1. The number of rotatable bonds is 5. The summed E-state index contributed by atoms with van der Waals surface area (Å²) in [6, 6.07) is 2.59. The molecule has 2 aromatic rings. The van der Waals surface area contributed by atoms with Crippen molar-refractivity contribution in [1.29, 1.82) is 0 Å². The van der Waals surface area contributed by atoms with Crippen LogP contribution in [0, 0.1) is 11.6 Å². The minimum absolute atomic E-state index is 0.0259. The molecule has 0 saturated heterocycles. The highest BCUT2D eigenvalue weighted by atomic mass is 19.1. The molecule has 1 aromatic carbocycles. The van der Waals surface area contributed by atoms with Gasteiger partial charge in [0.25, 0.3) is 5.91 Å². The molecule has 1 amide bonds. The molecule has 9 heteroatoms. The van der Waals surface area contributed by atoms with E-state index in [-0.39, 0.29) is 24.5 Å². The van der Waals surface area contributed by atoms with Crippen LogP contribution in [0.1, 0.15) is 17.3 Å². The van der Waals surface area contributed by atoms with E-state index in [0.717, 1.165) is 16.9 Å². The Morgan fingerprint density at radius 1 is 1.36 bits per heavy atom. The first-order valence-corrected chi connectivity index (χ1v) is 6.31. The van der Waals surface area contributed by atoms with Crippen molar-refractivity contribution in [3.63, 3.8) is 0 Å². The maximum Gasteiger partial charge on any atom is 0.329 e. The Morgan fingerprint density at radius 2 is 2.14 bits per heavy atom. The van der Waals surface area contributed by atoms with Gasteiger partial charge in [0, 0.05) is 6.07 Å². The first-order valence-electron chi connectivity index (χ1n) is 6.31. The highest BCUT2D eigenvalue weighted by molar-refractivity contribution is 6.03. The van der Waals surface area contributed by atoms with E-state index in [9.17, 15) is 18.4 Å². The van der Waals surface area contributed by atoms with E-state index in [1.54, 1.807) is 6.92 Å². The van der Waals surface area contributed by atoms with Crippen LogP contribution in [0.2, 0.25) is 0 Å². The number of amides is 1. The Kier molecular flexibility index (Phi) is 4.77. The fourth-order valence-electron chi connectivity index (χ4n) is 1.61. The fraction of sp³-hybridized carbons (Fsp3) is 0.231. The predicted molar refractivity (Wildman–Crippen MR) is 71.0 cm³/mol. The highest BCUT2D eigenvalue weighted by Gasteiger charge is 2.14. The van der Waals surface area contributed by atoms with Gasteiger partial charge in [0.1, 0.15) is 11.6 Å². The molecule has 0 bridgehead atoms. The van der Waals surface area contributed by atoms with Gasteiger partial charge in [-0.2, -0.15) is 9.90 Å². The quantitative estimate of drug-likeness (QED) is 0.843. The zero-order valence-corrected chi connectivity index (χ0v) is 11.5. The Labute approximate surface area is 123 Å². The number of carbonyl (C=O) groups is 2. The number of ether oxygens (including phenoxy) is 1. The van der Waals surface area contributed by atoms with Crippen molar-refractivity contribution < 1.29 is 23.1 Å². The van der Waals surface area contributed by atoms with Crippen LogP contribution in [-0.4, -0.2) is 33.5 Å². The zero-order valence-electron chi connectivity index (χ0n) is 11.5. The van der Waals surface area contributed by atoms with Crippen molar-refractivity contribution in [2.24, 2.45) is 0 Å². The van der Waals surface area contributed by atoms with Gasteiger partial charge in [0.2, 0.25) is 0 Å². The van der Waals surface area contributed by atoms with Crippen LogP contribution in [0.15, 0.2) is 24.4 Å². The summed E-state index contributed by atoms with van der Waals surface area (Å²) in [5, 5.41) is 9.88. The Bertz CT molecular complexity index is 702. The summed E-state index contributed by atoms with van der Waals surface area (Å²) in [5.74, 6) is -3.08. The maximum absolute atomic E-state index is 13.5. The monoisotopic (exact) mass is 310 g/mol. The summed E-state index contributed by atoms with van der Waals surface area (Å²) in [7, 11) is 0. The van der Waals surface area contributed by atoms with E-state index < -0.39 is 23.5 Å². The number of aromatic nitrogens is 3. The van der Waals surface area contributed by atoms with Gasteiger partial charge in [-0.15, -0.1) is 5.10 Å². The fourth-order valence-corrected chi connectivity index (χ4v) is 1.61. The van der Waals surface area contributed by atoms with Crippen LogP contribution in [-0.2, 0) is 16.1 Å². The van der Waals surface area contributed by atoms with Gasteiger partial charge < -0.3 is 10.1 Å². The second kappa shape index (κ2) is 6.74. The molecule has 0 spiro atoms. The van der Waals surface area contributed by atoms with Crippen molar-refractivity contribution in [2.45, 2.75) is 13.5 Å². The van der Waals surface area contributed by atoms with Gasteiger partial charge in [-0.1, -0.05) is 0 Å². The SMILES string of the molecule is CCOC(=O)Cn1ncc(NC(=O)c2ccc(F)cc2F)n1. The number of anilines is 1. The molecule has 22 heavy (non-hydrogen) atoms. The molecule has 2 rings (SSSR count). The lowest BCUT2D eigenvalue weighted by Crippen LogP contribution is -2.17. The summed E-state index contributed by atoms with van der Waals surface area (Å²) < 4.78 is 31.0. The number of hydrogen-bond acceptors (Lipinski definition) is 5. The third-order valence-corrected chi connectivity index (χ3v) is 2.53. The second-order valence-electron chi connectivity index (χ2n) is 4.14. The van der Waals surface area contributed by atoms with E-state index >= 15 is 0 Å². The number of esters is 1. The van der Waals surface area contributed by atoms with Gasteiger partial charge in [-0.3, -0.25) is 4.79 Å². The first kappa shape index (κ1) is 15.5. The summed E-state index contributed by atoms with van der Waals surface area (Å²) in [5.41, 5.74) is -0.332. The molecule has 7 nitrogen and oxygen atoms in total. The van der Waals surface area contributed by atoms with Crippen molar-refractivity contribution in [1.82, 2.24) is 15.0 Å². The topological polar surface area (TPSA) is 86.1 Å². The first-order chi connectivity index (χ1) is 10.5. The molecular weight excluding hydrogens is 298 g/mol. The van der Waals surface area contributed by atoms with Gasteiger partial charge in [-0.25, -0.2) is 13.6 Å².